The minimum Gasteiger partial charge on any atom is -0.330 e. The van der Waals surface area contributed by atoms with Crippen LogP contribution in [-0.4, -0.2) is 6.54 Å². The molecule has 1 aromatic rings. The van der Waals surface area contributed by atoms with E-state index < -0.39 is 0 Å². The van der Waals surface area contributed by atoms with Gasteiger partial charge < -0.3 is 5.73 Å². The van der Waals surface area contributed by atoms with Gasteiger partial charge in [-0.05, 0) is 60.8 Å². The van der Waals surface area contributed by atoms with Crippen molar-refractivity contribution in [2.75, 3.05) is 6.54 Å². The van der Waals surface area contributed by atoms with E-state index in [0.29, 0.717) is 5.41 Å². The van der Waals surface area contributed by atoms with Crippen molar-refractivity contribution in [3.63, 3.8) is 0 Å². The molecular weight excluding hydrogens is 250 g/mol. The fourth-order valence-corrected chi connectivity index (χ4v) is 3.81. The minimum atomic E-state index is 0.464. The van der Waals surface area contributed by atoms with E-state index in [1.165, 1.54) is 30.2 Å². The van der Waals surface area contributed by atoms with E-state index in [9.17, 15) is 0 Å². The summed E-state index contributed by atoms with van der Waals surface area (Å²) < 4.78 is 1.29. The number of fused-ring (bicyclic) bond motifs is 2. The number of halogens is 1. The topological polar surface area (TPSA) is 26.0 Å². The van der Waals surface area contributed by atoms with Crippen LogP contribution < -0.4 is 5.73 Å². The summed E-state index contributed by atoms with van der Waals surface area (Å²) in [7, 11) is 0. The molecule has 1 saturated carbocycles. The zero-order valence-electron chi connectivity index (χ0n) is 8.80. The van der Waals surface area contributed by atoms with E-state index in [-0.39, 0.29) is 0 Å². The summed E-state index contributed by atoms with van der Waals surface area (Å²) in [5.74, 6) is 0.722. The molecule has 1 aromatic carbocycles. The molecule has 2 aliphatic carbocycles. The second-order valence-corrected chi connectivity index (χ2v) is 5.75. The molecule has 0 heterocycles. The summed E-state index contributed by atoms with van der Waals surface area (Å²) in [5, 5.41) is 0. The Balaban J connectivity index is 2.12. The van der Waals surface area contributed by atoms with E-state index in [0.717, 1.165) is 12.5 Å². The molecule has 2 heteroatoms. The van der Waals surface area contributed by atoms with Gasteiger partial charge in [-0.2, -0.15) is 0 Å². The van der Waals surface area contributed by atoms with Crippen molar-refractivity contribution in [1.82, 2.24) is 0 Å². The lowest BCUT2D eigenvalue weighted by molar-refractivity contribution is 0.361. The third-order valence-electron chi connectivity index (χ3n) is 4.25. The van der Waals surface area contributed by atoms with E-state index in [4.69, 9.17) is 5.73 Å². The minimum absolute atomic E-state index is 0.464. The van der Waals surface area contributed by atoms with Crippen molar-refractivity contribution in [2.45, 2.75) is 31.1 Å². The Bertz CT molecular complexity index is 396. The molecule has 0 saturated heterocycles. The lowest BCUT2D eigenvalue weighted by Gasteiger charge is -2.33. The highest BCUT2D eigenvalue weighted by atomic mass is 79.9. The van der Waals surface area contributed by atoms with Crippen LogP contribution in [0.1, 0.15) is 30.4 Å². The second kappa shape index (κ2) is 3.33. The standard InChI is InChI=1S/C13H16BrN/c14-12-3-1-2-11-10(12)5-4-9(8-15)13(11)6-7-13/h1-3,9H,4-8,15H2. The number of nitrogens with two attached hydrogens (primary N) is 1. The normalized spacial score (nSPS) is 26.4. The average molecular weight is 266 g/mol. The third-order valence-corrected chi connectivity index (χ3v) is 5.00. The van der Waals surface area contributed by atoms with Crippen molar-refractivity contribution in [3.8, 4) is 0 Å². The number of benzene rings is 1. The van der Waals surface area contributed by atoms with Gasteiger partial charge in [-0.3, -0.25) is 0 Å². The van der Waals surface area contributed by atoms with Crippen LogP contribution in [0, 0.1) is 5.92 Å². The van der Waals surface area contributed by atoms with Crippen LogP contribution >= 0.6 is 15.9 Å². The first kappa shape index (κ1) is 9.86. The highest BCUT2D eigenvalue weighted by Crippen LogP contribution is 2.58. The molecule has 1 nitrogen and oxygen atoms in total. The first-order valence-corrected chi connectivity index (χ1v) is 6.55. The first-order valence-electron chi connectivity index (χ1n) is 5.76. The predicted molar refractivity (Wildman–Crippen MR) is 65.9 cm³/mol. The molecule has 2 N–H and O–H groups in total. The molecule has 0 amide bonds. The van der Waals surface area contributed by atoms with Gasteiger partial charge in [-0.25, -0.2) is 0 Å². The number of hydrogen-bond acceptors (Lipinski definition) is 1. The molecular formula is C13H16BrN. The maximum atomic E-state index is 5.90. The van der Waals surface area contributed by atoms with Gasteiger partial charge in [0.1, 0.15) is 0 Å². The summed E-state index contributed by atoms with van der Waals surface area (Å²) in [4.78, 5) is 0. The smallest absolute Gasteiger partial charge is 0.0210 e. The van der Waals surface area contributed by atoms with Gasteiger partial charge in [0.2, 0.25) is 0 Å². The summed E-state index contributed by atoms with van der Waals surface area (Å²) in [6, 6.07) is 6.65. The molecule has 15 heavy (non-hydrogen) atoms. The highest BCUT2D eigenvalue weighted by Gasteiger charge is 2.52. The van der Waals surface area contributed by atoms with E-state index in [2.05, 4.69) is 34.1 Å². The molecule has 3 rings (SSSR count). The zero-order valence-corrected chi connectivity index (χ0v) is 10.4. The Morgan fingerprint density at radius 3 is 2.87 bits per heavy atom. The van der Waals surface area contributed by atoms with Crippen LogP contribution in [0.25, 0.3) is 0 Å². The summed E-state index contributed by atoms with van der Waals surface area (Å²) in [5.41, 5.74) is 9.49. The molecule has 1 fully saturated rings. The molecule has 0 aromatic heterocycles. The van der Waals surface area contributed by atoms with E-state index in [1.54, 1.807) is 11.1 Å². The van der Waals surface area contributed by atoms with Crippen molar-refractivity contribution < 1.29 is 0 Å². The van der Waals surface area contributed by atoms with Crippen LogP contribution in [0.5, 0.6) is 0 Å². The lowest BCUT2D eigenvalue weighted by atomic mass is 9.72. The maximum Gasteiger partial charge on any atom is 0.0210 e. The summed E-state index contributed by atoms with van der Waals surface area (Å²) >= 11 is 3.67. The predicted octanol–water partition coefficient (Wildman–Crippen LogP) is 3.00. The molecule has 0 aliphatic heterocycles. The van der Waals surface area contributed by atoms with Crippen LogP contribution in [0.3, 0.4) is 0 Å². The highest BCUT2D eigenvalue weighted by molar-refractivity contribution is 9.10. The summed E-state index contributed by atoms with van der Waals surface area (Å²) in [6.07, 6.45) is 5.16. The Labute approximate surface area is 99.2 Å². The van der Waals surface area contributed by atoms with Gasteiger partial charge in [-0.15, -0.1) is 0 Å². The quantitative estimate of drug-likeness (QED) is 0.830. The van der Waals surface area contributed by atoms with Crippen LogP contribution in [0.2, 0.25) is 0 Å². The SMILES string of the molecule is NCC1CCc2c(Br)cccc2C12CC2. The molecule has 0 bridgehead atoms. The summed E-state index contributed by atoms with van der Waals surface area (Å²) in [6.45, 7) is 0.853. The van der Waals surface area contributed by atoms with Crippen molar-refractivity contribution in [2.24, 2.45) is 11.7 Å². The van der Waals surface area contributed by atoms with Gasteiger partial charge in [-0.1, -0.05) is 28.1 Å². The molecule has 1 unspecified atom stereocenters. The first-order chi connectivity index (χ1) is 7.28. The van der Waals surface area contributed by atoms with E-state index in [1.807, 2.05) is 0 Å². The Kier molecular flexibility index (Phi) is 2.18. The van der Waals surface area contributed by atoms with Gasteiger partial charge in [0.15, 0.2) is 0 Å². The number of hydrogen-bond donors (Lipinski definition) is 1. The number of rotatable bonds is 1. The van der Waals surface area contributed by atoms with Crippen LogP contribution in [-0.2, 0) is 11.8 Å². The Morgan fingerprint density at radius 2 is 2.20 bits per heavy atom. The van der Waals surface area contributed by atoms with Crippen molar-refractivity contribution in [1.29, 1.82) is 0 Å². The molecule has 80 valence electrons. The van der Waals surface area contributed by atoms with Gasteiger partial charge in [0.25, 0.3) is 0 Å². The van der Waals surface area contributed by atoms with Crippen LogP contribution in [0.15, 0.2) is 22.7 Å². The van der Waals surface area contributed by atoms with Crippen molar-refractivity contribution in [3.05, 3.63) is 33.8 Å². The second-order valence-electron chi connectivity index (χ2n) is 4.89. The van der Waals surface area contributed by atoms with E-state index >= 15 is 0 Å². The zero-order chi connectivity index (χ0) is 10.5. The van der Waals surface area contributed by atoms with Gasteiger partial charge >= 0.3 is 0 Å². The Hall–Kier alpha value is -0.340. The molecule has 1 spiro atoms. The molecule has 2 aliphatic rings. The van der Waals surface area contributed by atoms with Crippen molar-refractivity contribution >= 4 is 15.9 Å². The monoisotopic (exact) mass is 265 g/mol. The third kappa shape index (κ3) is 1.31. The molecule has 1 atom stereocenters. The van der Waals surface area contributed by atoms with Gasteiger partial charge in [0.05, 0.1) is 0 Å². The Morgan fingerprint density at radius 1 is 1.40 bits per heavy atom. The fraction of sp³-hybridized carbons (Fsp3) is 0.538. The lowest BCUT2D eigenvalue weighted by Crippen LogP contribution is -2.33. The van der Waals surface area contributed by atoms with Crippen LogP contribution in [0.4, 0.5) is 0 Å². The maximum absolute atomic E-state index is 5.90. The largest absolute Gasteiger partial charge is 0.330 e. The average Bonchev–Trinajstić information content (AvgIpc) is 3.02. The fourth-order valence-electron chi connectivity index (χ4n) is 3.25. The van der Waals surface area contributed by atoms with Gasteiger partial charge in [0, 0.05) is 4.47 Å². The molecule has 0 radical (unpaired) electrons.